The Hall–Kier alpha value is -3.14. The van der Waals surface area contributed by atoms with Crippen molar-refractivity contribution < 1.29 is 9.53 Å². The quantitative estimate of drug-likeness (QED) is 0.292. The standard InChI is InChI=1S/C26H26N4O3S2/c1-3-33-19-11-9-17(10-12-19)27-22(31)16-34-26-28-24-23(20-13-14-29(2)15-21(20)35-24)25(32)30(26)18-7-5-4-6-8-18/h4-12H,3,13-16H2,1-2H3,(H,27,31). The normalized spacial score (nSPS) is 13.5. The number of hydrogen-bond donors (Lipinski definition) is 1. The molecule has 0 aliphatic carbocycles. The maximum Gasteiger partial charge on any atom is 0.267 e. The van der Waals surface area contributed by atoms with E-state index < -0.39 is 0 Å². The summed E-state index contributed by atoms with van der Waals surface area (Å²) in [4.78, 5) is 35.6. The average molecular weight is 507 g/mol. The maximum atomic E-state index is 13.8. The molecule has 0 unspecified atom stereocenters. The van der Waals surface area contributed by atoms with Crippen molar-refractivity contribution in [2.75, 3.05) is 31.3 Å². The largest absolute Gasteiger partial charge is 0.494 e. The number of hydrogen-bond acceptors (Lipinski definition) is 7. The molecular weight excluding hydrogens is 480 g/mol. The molecule has 7 nitrogen and oxygen atoms in total. The first-order valence-electron chi connectivity index (χ1n) is 11.5. The van der Waals surface area contributed by atoms with Gasteiger partial charge in [0.05, 0.1) is 23.4 Å². The first-order chi connectivity index (χ1) is 17.0. The molecule has 2 aromatic heterocycles. The minimum atomic E-state index is -0.166. The number of fused-ring (bicyclic) bond motifs is 3. The van der Waals surface area contributed by atoms with Crippen LogP contribution in [0, 0.1) is 0 Å². The molecule has 9 heteroatoms. The second-order valence-corrected chi connectivity index (χ2v) is 10.4. The van der Waals surface area contributed by atoms with Crippen molar-refractivity contribution in [2.45, 2.75) is 25.0 Å². The number of ether oxygens (including phenoxy) is 1. The number of nitrogens with one attached hydrogen (secondary N) is 1. The van der Waals surface area contributed by atoms with Crippen LogP contribution < -0.4 is 15.6 Å². The molecule has 5 rings (SSSR count). The molecular formula is C26H26N4O3S2. The molecule has 0 saturated heterocycles. The Morgan fingerprint density at radius 2 is 1.94 bits per heavy atom. The predicted octanol–water partition coefficient (Wildman–Crippen LogP) is 4.56. The van der Waals surface area contributed by atoms with Crippen molar-refractivity contribution in [2.24, 2.45) is 0 Å². The van der Waals surface area contributed by atoms with E-state index in [0.29, 0.717) is 22.8 Å². The zero-order valence-corrected chi connectivity index (χ0v) is 21.2. The van der Waals surface area contributed by atoms with E-state index in [-0.39, 0.29) is 17.2 Å². The zero-order chi connectivity index (χ0) is 24.4. The third kappa shape index (κ3) is 4.98. The van der Waals surface area contributed by atoms with E-state index in [9.17, 15) is 9.59 Å². The number of likely N-dealkylation sites (N-methyl/N-ethyl adjacent to an activating group) is 1. The Morgan fingerprint density at radius 1 is 1.17 bits per heavy atom. The van der Waals surface area contributed by atoms with Gasteiger partial charge in [0.25, 0.3) is 5.56 Å². The fourth-order valence-electron chi connectivity index (χ4n) is 4.18. The number of nitrogens with zero attached hydrogens (tertiary/aromatic N) is 3. The average Bonchev–Trinajstić information content (AvgIpc) is 3.22. The first kappa shape index (κ1) is 23.6. The second-order valence-electron chi connectivity index (χ2n) is 8.34. The van der Waals surface area contributed by atoms with Gasteiger partial charge in [-0.3, -0.25) is 14.2 Å². The van der Waals surface area contributed by atoms with Crippen LogP contribution in [0.1, 0.15) is 17.4 Å². The van der Waals surface area contributed by atoms with Gasteiger partial charge >= 0.3 is 0 Å². The van der Waals surface area contributed by atoms with Crippen molar-refractivity contribution in [3.63, 3.8) is 0 Å². The summed E-state index contributed by atoms with van der Waals surface area (Å²) in [5.74, 6) is 0.723. The van der Waals surface area contributed by atoms with Gasteiger partial charge in [0.2, 0.25) is 5.91 Å². The van der Waals surface area contributed by atoms with Gasteiger partial charge < -0.3 is 15.0 Å². The maximum absolute atomic E-state index is 13.8. The SMILES string of the molecule is CCOc1ccc(NC(=O)CSc2nc3sc4c(c3c(=O)n2-c2ccccc2)CCN(C)C4)cc1. The molecule has 0 spiro atoms. The molecule has 180 valence electrons. The van der Waals surface area contributed by atoms with Gasteiger partial charge in [-0.2, -0.15) is 0 Å². The van der Waals surface area contributed by atoms with Gasteiger partial charge in [-0.1, -0.05) is 30.0 Å². The molecule has 0 radical (unpaired) electrons. The summed E-state index contributed by atoms with van der Waals surface area (Å²) < 4.78 is 7.09. The van der Waals surface area contributed by atoms with Crippen molar-refractivity contribution in [3.8, 4) is 11.4 Å². The van der Waals surface area contributed by atoms with Crippen LogP contribution in [0.5, 0.6) is 5.75 Å². The van der Waals surface area contributed by atoms with Crippen molar-refractivity contribution in [3.05, 3.63) is 75.4 Å². The van der Waals surface area contributed by atoms with Gasteiger partial charge in [0, 0.05) is 23.7 Å². The van der Waals surface area contributed by atoms with Crippen LogP contribution in [0.4, 0.5) is 5.69 Å². The number of thiophene rings is 1. The van der Waals surface area contributed by atoms with E-state index in [2.05, 4.69) is 17.3 Å². The number of rotatable bonds is 7. The van der Waals surface area contributed by atoms with E-state index >= 15 is 0 Å². The van der Waals surface area contributed by atoms with Crippen molar-refractivity contribution >= 4 is 44.9 Å². The molecule has 3 heterocycles. The Kier molecular flexibility index (Phi) is 6.90. The monoisotopic (exact) mass is 506 g/mol. The minimum absolute atomic E-state index is 0.0716. The lowest BCUT2D eigenvalue weighted by molar-refractivity contribution is -0.113. The highest BCUT2D eigenvalue weighted by molar-refractivity contribution is 7.99. The van der Waals surface area contributed by atoms with Gasteiger partial charge in [0.1, 0.15) is 10.6 Å². The highest BCUT2D eigenvalue weighted by Gasteiger charge is 2.24. The molecule has 1 aliphatic rings. The van der Waals surface area contributed by atoms with Gasteiger partial charge in [-0.25, -0.2) is 4.98 Å². The second kappa shape index (κ2) is 10.2. The Balaban J connectivity index is 1.44. The highest BCUT2D eigenvalue weighted by Crippen LogP contribution is 2.34. The molecule has 1 aliphatic heterocycles. The number of amides is 1. The Morgan fingerprint density at radius 3 is 2.69 bits per heavy atom. The van der Waals surface area contributed by atoms with Crippen LogP contribution in [0.15, 0.2) is 64.5 Å². The van der Waals surface area contributed by atoms with Crippen LogP contribution in [-0.4, -0.2) is 46.3 Å². The van der Waals surface area contributed by atoms with Crippen LogP contribution >= 0.6 is 23.1 Å². The third-order valence-electron chi connectivity index (χ3n) is 5.83. The van der Waals surface area contributed by atoms with Gasteiger partial charge in [0.15, 0.2) is 5.16 Å². The summed E-state index contributed by atoms with van der Waals surface area (Å²) in [6.07, 6.45) is 0.842. The molecule has 0 fully saturated rings. The van der Waals surface area contributed by atoms with E-state index in [4.69, 9.17) is 9.72 Å². The van der Waals surface area contributed by atoms with Crippen molar-refractivity contribution in [1.29, 1.82) is 0 Å². The lowest BCUT2D eigenvalue weighted by Gasteiger charge is -2.21. The predicted molar refractivity (Wildman–Crippen MR) is 142 cm³/mol. The van der Waals surface area contributed by atoms with E-state index in [1.54, 1.807) is 15.9 Å². The van der Waals surface area contributed by atoms with Crippen LogP contribution in [0.2, 0.25) is 0 Å². The number of thioether (sulfide) groups is 1. The smallest absolute Gasteiger partial charge is 0.267 e. The number of carbonyl (C=O) groups excluding carboxylic acids is 1. The molecule has 0 atom stereocenters. The summed E-state index contributed by atoms with van der Waals surface area (Å²) in [7, 11) is 2.09. The summed E-state index contributed by atoms with van der Waals surface area (Å²) in [5.41, 5.74) is 2.49. The minimum Gasteiger partial charge on any atom is -0.494 e. The van der Waals surface area contributed by atoms with Crippen molar-refractivity contribution in [1.82, 2.24) is 14.5 Å². The molecule has 1 N–H and O–H groups in total. The summed E-state index contributed by atoms with van der Waals surface area (Å²) in [5, 5.41) is 4.13. The summed E-state index contributed by atoms with van der Waals surface area (Å²) in [6.45, 7) is 4.27. The number of aromatic nitrogens is 2. The van der Waals surface area contributed by atoms with E-state index in [1.807, 2.05) is 61.5 Å². The van der Waals surface area contributed by atoms with E-state index in [0.717, 1.165) is 41.3 Å². The topological polar surface area (TPSA) is 76.5 Å². The fraction of sp³-hybridized carbons (Fsp3) is 0.269. The lowest BCUT2D eigenvalue weighted by Crippen LogP contribution is -2.27. The Labute approximate surface area is 211 Å². The van der Waals surface area contributed by atoms with Crippen LogP contribution in [0.3, 0.4) is 0 Å². The molecule has 1 amide bonds. The number of carbonyl (C=O) groups is 1. The molecule has 2 aromatic carbocycles. The number of para-hydroxylation sites is 1. The summed E-state index contributed by atoms with van der Waals surface area (Å²) >= 11 is 2.85. The zero-order valence-electron chi connectivity index (χ0n) is 19.6. The van der Waals surface area contributed by atoms with Gasteiger partial charge in [-0.15, -0.1) is 11.3 Å². The number of benzene rings is 2. The highest BCUT2D eigenvalue weighted by atomic mass is 32.2. The fourth-order valence-corrected chi connectivity index (χ4v) is 6.34. The number of anilines is 1. The van der Waals surface area contributed by atoms with Gasteiger partial charge in [-0.05, 0) is 62.4 Å². The molecule has 0 bridgehead atoms. The Bertz CT molecular complexity index is 1410. The van der Waals surface area contributed by atoms with E-state index in [1.165, 1.54) is 16.6 Å². The first-order valence-corrected chi connectivity index (χ1v) is 13.3. The lowest BCUT2D eigenvalue weighted by atomic mass is 10.1. The van der Waals surface area contributed by atoms with Crippen LogP contribution in [-0.2, 0) is 17.8 Å². The van der Waals surface area contributed by atoms with Crippen LogP contribution in [0.25, 0.3) is 15.9 Å². The molecule has 0 saturated carbocycles. The third-order valence-corrected chi connectivity index (χ3v) is 7.88. The molecule has 35 heavy (non-hydrogen) atoms. The molecule has 4 aromatic rings. The summed E-state index contributed by atoms with van der Waals surface area (Å²) in [6, 6.07) is 16.8.